The van der Waals surface area contributed by atoms with Crippen LogP contribution in [0.25, 0.3) is 0 Å². The molecule has 0 aliphatic carbocycles. The fraction of sp³-hybridized carbons (Fsp3) is 0.167. The molecule has 0 saturated heterocycles. The molecule has 17 heavy (non-hydrogen) atoms. The summed E-state index contributed by atoms with van der Waals surface area (Å²) in [5.41, 5.74) is 7.48. The second-order valence-corrected chi connectivity index (χ2v) is 6.96. The average molecular weight is 286 g/mol. The van der Waals surface area contributed by atoms with Crippen molar-refractivity contribution in [1.29, 1.82) is 0 Å². The fourth-order valence-corrected chi connectivity index (χ4v) is 4.07. The SMILES string of the molecule is Cc1ccc(N)c(S(=O)Cc2ccc(Cl)s2)c1. The van der Waals surface area contributed by atoms with E-state index < -0.39 is 10.8 Å². The minimum atomic E-state index is -1.12. The number of nitrogens with two attached hydrogens (primary N) is 1. The van der Waals surface area contributed by atoms with E-state index in [0.29, 0.717) is 20.7 Å². The van der Waals surface area contributed by atoms with Crippen LogP contribution in [0.5, 0.6) is 0 Å². The number of aryl methyl sites for hydroxylation is 1. The molecule has 2 nitrogen and oxygen atoms in total. The van der Waals surface area contributed by atoms with Crippen LogP contribution in [-0.4, -0.2) is 4.21 Å². The molecule has 0 radical (unpaired) electrons. The van der Waals surface area contributed by atoms with Crippen LogP contribution in [0.1, 0.15) is 10.4 Å². The molecule has 0 saturated carbocycles. The van der Waals surface area contributed by atoms with Crippen molar-refractivity contribution in [2.75, 3.05) is 5.73 Å². The molecule has 1 unspecified atom stereocenters. The molecule has 0 aliphatic rings. The Bertz CT molecular complexity index is 565. The predicted molar refractivity (Wildman–Crippen MR) is 75.0 cm³/mol. The molecular formula is C12H12ClNOS2. The fourth-order valence-electron chi connectivity index (χ4n) is 1.48. The van der Waals surface area contributed by atoms with Crippen molar-refractivity contribution in [3.8, 4) is 0 Å². The van der Waals surface area contributed by atoms with Gasteiger partial charge in [0.25, 0.3) is 0 Å². The molecule has 2 rings (SSSR count). The van der Waals surface area contributed by atoms with E-state index in [1.54, 1.807) is 6.07 Å². The Morgan fingerprint density at radius 2 is 2.12 bits per heavy atom. The molecular weight excluding hydrogens is 274 g/mol. The lowest BCUT2D eigenvalue weighted by molar-refractivity contribution is 0.683. The number of thiophene rings is 1. The highest BCUT2D eigenvalue weighted by molar-refractivity contribution is 7.84. The van der Waals surface area contributed by atoms with Gasteiger partial charge in [0.1, 0.15) is 0 Å². The molecule has 0 amide bonds. The van der Waals surface area contributed by atoms with E-state index in [-0.39, 0.29) is 0 Å². The van der Waals surface area contributed by atoms with Gasteiger partial charge in [-0.15, -0.1) is 11.3 Å². The topological polar surface area (TPSA) is 43.1 Å². The van der Waals surface area contributed by atoms with E-state index in [9.17, 15) is 4.21 Å². The van der Waals surface area contributed by atoms with Crippen LogP contribution < -0.4 is 5.73 Å². The van der Waals surface area contributed by atoms with Gasteiger partial charge in [-0.05, 0) is 36.8 Å². The zero-order valence-electron chi connectivity index (χ0n) is 9.27. The highest BCUT2D eigenvalue weighted by Gasteiger charge is 2.10. The zero-order chi connectivity index (χ0) is 12.4. The zero-order valence-corrected chi connectivity index (χ0v) is 11.7. The van der Waals surface area contributed by atoms with Gasteiger partial charge in [-0.1, -0.05) is 17.7 Å². The van der Waals surface area contributed by atoms with Crippen molar-refractivity contribution in [3.05, 3.63) is 45.1 Å². The summed E-state index contributed by atoms with van der Waals surface area (Å²) in [5.74, 6) is 0.463. The van der Waals surface area contributed by atoms with Crippen LogP contribution in [0.4, 0.5) is 5.69 Å². The van der Waals surface area contributed by atoms with Gasteiger partial charge < -0.3 is 5.73 Å². The highest BCUT2D eigenvalue weighted by atomic mass is 35.5. The Kier molecular flexibility index (Phi) is 3.86. The summed E-state index contributed by atoms with van der Waals surface area (Å²) in [6.07, 6.45) is 0. The Labute approximate surface area is 112 Å². The second kappa shape index (κ2) is 5.21. The number of rotatable bonds is 3. The van der Waals surface area contributed by atoms with Crippen LogP contribution in [0, 0.1) is 6.92 Å². The molecule has 0 bridgehead atoms. The van der Waals surface area contributed by atoms with E-state index in [2.05, 4.69) is 0 Å². The quantitative estimate of drug-likeness (QED) is 0.876. The van der Waals surface area contributed by atoms with Gasteiger partial charge in [0.05, 0.1) is 25.8 Å². The third-order valence-electron chi connectivity index (χ3n) is 2.32. The molecule has 1 heterocycles. The molecule has 0 spiro atoms. The number of hydrogen-bond donors (Lipinski definition) is 1. The first-order valence-corrected chi connectivity index (χ1v) is 7.56. The Hall–Kier alpha value is -0.840. The maximum Gasteiger partial charge on any atom is 0.0931 e. The van der Waals surface area contributed by atoms with E-state index in [4.69, 9.17) is 17.3 Å². The minimum Gasteiger partial charge on any atom is -0.398 e. The molecule has 1 aromatic heterocycles. The van der Waals surface area contributed by atoms with Gasteiger partial charge in [-0.25, -0.2) is 0 Å². The van der Waals surface area contributed by atoms with E-state index >= 15 is 0 Å². The van der Waals surface area contributed by atoms with Crippen molar-refractivity contribution in [3.63, 3.8) is 0 Å². The van der Waals surface area contributed by atoms with E-state index in [1.807, 2.05) is 31.2 Å². The molecule has 2 N–H and O–H groups in total. The normalized spacial score (nSPS) is 12.6. The van der Waals surface area contributed by atoms with Gasteiger partial charge in [-0.2, -0.15) is 0 Å². The summed E-state index contributed by atoms with van der Waals surface area (Å²) >= 11 is 7.29. The molecule has 5 heteroatoms. The van der Waals surface area contributed by atoms with Gasteiger partial charge >= 0.3 is 0 Å². The highest BCUT2D eigenvalue weighted by Crippen LogP contribution is 2.26. The number of anilines is 1. The third kappa shape index (κ3) is 3.09. The lowest BCUT2D eigenvalue weighted by atomic mass is 10.2. The largest absolute Gasteiger partial charge is 0.398 e. The molecule has 0 fully saturated rings. The summed E-state index contributed by atoms with van der Waals surface area (Å²) in [6.45, 7) is 1.96. The molecule has 2 aromatic rings. The van der Waals surface area contributed by atoms with Crippen molar-refractivity contribution in [2.24, 2.45) is 0 Å². The second-order valence-electron chi connectivity index (χ2n) is 3.74. The summed E-state index contributed by atoms with van der Waals surface area (Å²) < 4.78 is 12.9. The maximum absolute atomic E-state index is 12.2. The number of halogens is 1. The van der Waals surface area contributed by atoms with Crippen LogP contribution in [-0.2, 0) is 16.6 Å². The number of benzene rings is 1. The van der Waals surface area contributed by atoms with Crippen molar-refractivity contribution in [2.45, 2.75) is 17.6 Å². The lowest BCUT2D eigenvalue weighted by Crippen LogP contribution is -2.00. The van der Waals surface area contributed by atoms with Crippen LogP contribution >= 0.6 is 22.9 Å². The van der Waals surface area contributed by atoms with Crippen molar-refractivity contribution in [1.82, 2.24) is 0 Å². The van der Waals surface area contributed by atoms with Crippen LogP contribution in [0.2, 0.25) is 4.34 Å². The Balaban J connectivity index is 2.22. The molecule has 1 aromatic carbocycles. The molecule has 0 aliphatic heterocycles. The summed E-state index contributed by atoms with van der Waals surface area (Å²) in [5, 5.41) is 0. The molecule has 1 atom stereocenters. The first-order chi connectivity index (χ1) is 8.06. The maximum atomic E-state index is 12.2. The Morgan fingerprint density at radius 3 is 2.76 bits per heavy atom. The van der Waals surface area contributed by atoms with Crippen LogP contribution in [0.15, 0.2) is 35.2 Å². The first-order valence-electron chi connectivity index (χ1n) is 5.05. The van der Waals surface area contributed by atoms with Crippen molar-refractivity contribution < 1.29 is 4.21 Å². The van der Waals surface area contributed by atoms with Gasteiger partial charge in [-0.3, -0.25) is 4.21 Å². The first kappa shape index (κ1) is 12.6. The minimum absolute atomic E-state index is 0.463. The van der Waals surface area contributed by atoms with E-state index in [0.717, 1.165) is 10.4 Å². The molecule has 90 valence electrons. The van der Waals surface area contributed by atoms with Gasteiger partial charge in [0.15, 0.2) is 0 Å². The predicted octanol–water partition coefficient (Wildman–Crippen LogP) is 3.60. The van der Waals surface area contributed by atoms with Gasteiger partial charge in [0, 0.05) is 10.6 Å². The number of hydrogen-bond acceptors (Lipinski definition) is 3. The lowest BCUT2D eigenvalue weighted by Gasteiger charge is -2.05. The summed E-state index contributed by atoms with van der Waals surface area (Å²) in [7, 11) is -1.12. The number of nitrogen functional groups attached to an aromatic ring is 1. The third-order valence-corrected chi connectivity index (χ3v) is 5.15. The van der Waals surface area contributed by atoms with Crippen LogP contribution in [0.3, 0.4) is 0 Å². The standard InChI is InChI=1S/C12H12ClNOS2/c1-8-2-4-10(14)11(6-8)17(15)7-9-3-5-12(13)16-9/h2-6H,7,14H2,1H3. The smallest absolute Gasteiger partial charge is 0.0931 e. The Morgan fingerprint density at radius 1 is 1.35 bits per heavy atom. The monoisotopic (exact) mass is 285 g/mol. The average Bonchev–Trinajstić information content (AvgIpc) is 2.67. The summed E-state index contributed by atoms with van der Waals surface area (Å²) in [4.78, 5) is 1.71. The van der Waals surface area contributed by atoms with Crippen molar-refractivity contribution >= 4 is 39.4 Å². The summed E-state index contributed by atoms with van der Waals surface area (Å²) in [6, 6.07) is 9.30. The van der Waals surface area contributed by atoms with E-state index in [1.165, 1.54) is 11.3 Å². The van der Waals surface area contributed by atoms with Gasteiger partial charge in [0.2, 0.25) is 0 Å².